The molecule has 3 aromatic rings. The Morgan fingerprint density at radius 3 is 2.58 bits per heavy atom. The van der Waals surface area contributed by atoms with Crippen LogP contribution in [-0.4, -0.2) is 21.2 Å². The second-order valence-corrected chi connectivity index (χ2v) is 6.18. The van der Waals surface area contributed by atoms with Gasteiger partial charge in [0.15, 0.2) is 5.78 Å². The van der Waals surface area contributed by atoms with Crippen LogP contribution in [0.1, 0.15) is 23.7 Å². The van der Waals surface area contributed by atoms with Crippen molar-refractivity contribution in [3.8, 4) is 0 Å². The van der Waals surface area contributed by atoms with Crippen LogP contribution in [0.4, 0.5) is 5.69 Å². The lowest BCUT2D eigenvalue weighted by Crippen LogP contribution is -2.24. The fourth-order valence-corrected chi connectivity index (χ4v) is 2.65. The van der Waals surface area contributed by atoms with Gasteiger partial charge < -0.3 is 5.32 Å². The first-order valence-electron chi connectivity index (χ1n) is 8.05. The maximum Gasteiger partial charge on any atom is 0.261 e. The molecule has 0 saturated heterocycles. The molecule has 0 aliphatic rings. The summed E-state index contributed by atoms with van der Waals surface area (Å²) in [7, 11) is 0. The van der Waals surface area contributed by atoms with E-state index < -0.39 is 0 Å². The Morgan fingerprint density at radius 1 is 1.15 bits per heavy atom. The van der Waals surface area contributed by atoms with E-state index in [2.05, 4.69) is 10.3 Å². The third-order valence-electron chi connectivity index (χ3n) is 3.91. The maximum atomic E-state index is 12.5. The predicted molar refractivity (Wildman–Crippen MR) is 101 cm³/mol. The van der Waals surface area contributed by atoms with E-state index >= 15 is 0 Å². The van der Waals surface area contributed by atoms with E-state index in [1.165, 1.54) is 10.9 Å². The van der Waals surface area contributed by atoms with Gasteiger partial charge in [0.05, 0.1) is 23.8 Å². The van der Waals surface area contributed by atoms with Gasteiger partial charge in [0.25, 0.3) is 5.56 Å². The largest absolute Gasteiger partial charge is 0.326 e. The van der Waals surface area contributed by atoms with Crippen LogP contribution in [0.2, 0.25) is 5.02 Å². The van der Waals surface area contributed by atoms with Crippen LogP contribution in [-0.2, 0) is 11.3 Å². The number of amides is 1. The number of fused-ring (bicyclic) bond motifs is 1. The molecule has 0 unspecified atom stereocenters. The number of hydrogen-bond donors (Lipinski definition) is 1. The summed E-state index contributed by atoms with van der Waals surface area (Å²) in [6, 6.07) is 11.4. The summed E-state index contributed by atoms with van der Waals surface area (Å²) in [4.78, 5) is 40.5. The number of benzene rings is 2. The second-order valence-electron chi connectivity index (χ2n) is 5.74. The zero-order valence-corrected chi connectivity index (χ0v) is 14.8. The van der Waals surface area contributed by atoms with Crippen molar-refractivity contribution in [3.63, 3.8) is 0 Å². The highest BCUT2D eigenvalue weighted by atomic mass is 35.5. The number of nitrogens with zero attached hydrogens (tertiary/aromatic N) is 2. The van der Waals surface area contributed by atoms with Crippen LogP contribution >= 0.6 is 11.6 Å². The molecule has 1 aromatic heterocycles. The van der Waals surface area contributed by atoms with Crippen LogP contribution in [0.3, 0.4) is 0 Å². The number of hydrogen-bond acceptors (Lipinski definition) is 4. The van der Waals surface area contributed by atoms with E-state index in [4.69, 9.17) is 11.6 Å². The van der Waals surface area contributed by atoms with Gasteiger partial charge in [-0.25, -0.2) is 4.98 Å². The smallest absolute Gasteiger partial charge is 0.261 e. The van der Waals surface area contributed by atoms with Gasteiger partial charge in [-0.1, -0.05) is 18.5 Å². The molecular formula is C19H16ClN3O3. The molecular weight excluding hydrogens is 354 g/mol. The Hall–Kier alpha value is -2.99. The molecule has 0 fully saturated rings. The van der Waals surface area contributed by atoms with Crippen molar-refractivity contribution in [2.45, 2.75) is 19.9 Å². The quantitative estimate of drug-likeness (QED) is 0.700. The lowest BCUT2D eigenvalue weighted by atomic mass is 10.1. The number of anilines is 1. The topological polar surface area (TPSA) is 81.1 Å². The van der Waals surface area contributed by atoms with Gasteiger partial charge in [-0.3, -0.25) is 19.0 Å². The second kappa shape index (κ2) is 7.49. The highest BCUT2D eigenvalue weighted by molar-refractivity contribution is 6.31. The molecule has 0 saturated carbocycles. The minimum atomic E-state index is -0.322. The predicted octanol–water partition coefficient (Wildman–Crippen LogP) is 3.28. The van der Waals surface area contributed by atoms with Crippen LogP contribution in [0.25, 0.3) is 10.9 Å². The van der Waals surface area contributed by atoms with E-state index in [9.17, 15) is 14.4 Å². The minimum Gasteiger partial charge on any atom is -0.326 e. The molecule has 132 valence electrons. The van der Waals surface area contributed by atoms with Crippen molar-refractivity contribution in [3.05, 3.63) is 69.7 Å². The van der Waals surface area contributed by atoms with Gasteiger partial charge in [0.2, 0.25) is 5.91 Å². The summed E-state index contributed by atoms with van der Waals surface area (Å²) in [5.74, 6) is -0.333. The van der Waals surface area contributed by atoms with Crippen LogP contribution in [0.15, 0.2) is 53.6 Å². The van der Waals surface area contributed by atoms with Gasteiger partial charge in [-0.15, -0.1) is 0 Å². The van der Waals surface area contributed by atoms with Crippen molar-refractivity contribution in [2.24, 2.45) is 0 Å². The lowest BCUT2D eigenvalue weighted by Gasteiger charge is -2.08. The third-order valence-corrected chi connectivity index (χ3v) is 4.15. The fraction of sp³-hybridized carbons (Fsp3) is 0.158. The maximum absolute atomic E-state index is 12.5. The highest BCUT2D eigenvalue weighted by Crippen LogP contribution is 2.15. The normalized spacial score (nSPS) is 10.7. The Balaban J connectivity index is 1.81. The summed E-state index contributed by atoms with van der Waals surface area (Å²) < 4.78 is 1.26. The number of carbonyl (C=O) groups excluding carboxylic acids is 2. The standard InChI is InChI=1S/C19H16ClN3O3/c1-2-18(25)22-14-6-3-12(4-7-14)17(24)10-23-11-21-16-8-5-13(20)9-15(16)19(23)26/h3-9,11H,2,10H2,1H3,(H,22,25). The molecule has 0 bridgehead atoms. The zero-order chi connectivity index (χ0) is 18.7. The summed E-state index contributed by atoms with van der Waals surface area (Å²) >= 11 is 5.93. The van der Waals surface area contributed by atoms with Gasteiger partial charge in [0, 0.05) is 22.7 Å². The van der Waals surface area contributed by atoms with Crippen molar-refractivity contribution < 1.29 is 9.59 Å². The number of nitrogens with one attached hydrogen (secondary N) is 1. The minimum absolute atomic E-state index is 0.100. The van der Waals surface area contributed by atoms with E-state index in [-0.39, 0.29) is 23.8 Å². The van der Waals surface area contributed by atoms with Crippen molar-refractivity contribution in [2.75, 3.05) is 5.32 Å². The molecule has 1 heterocycles. The van der Waals surface area contributed by atoms with Gasteiger partial charge in [-0.05, 0) is 42.5 Å². The number of carbonyl (C=O) groups is 2. The molecule has 6 nitrogen and oxygen atoms in total. The summed E-state index contributed by atoms with van der Waals surface area (Å²) in [5.41, 5.74) is 1.27. The molecule has 0 spiro atoms. The third kappa shape index (κ3) is 3.81. The molecule has 0 atom stereocenters. The zero-order valence-electron chi connectivity index (χ0n) is 14.0. The van der Waals surface area contributed by atoms with E-state index in [1.54, 1.807) is 49.4 Å². The number of rotatable bonds is 5. The molecule has 1 amide bonds. The lowest BCUT2D eigenvalue weighted by molar-refractivity contribution is -0.115. The molecule has 0 radical (unpaired) electrons. The van der Waals surface area contributed by atoms with E-state index in [1.807, 2.05) is 0 Å². The van der Waals surface area contributed by atoms with Crippen molar-refractivity contribution in [1.29, 1.82) is 0 Å². The first-order chi connectivity index (χ1) is 12.5. The molecule has 2 aromatic carbocycles. The van der Waals surface area contributed by atoms with Crippen LogP contribution in [0, 0.1) is 0 Å². The average molecular weight is 370 g/mol. The first-order valence-corrected chi connectivity index (χ1v) is 8.43. The first kappa shape index (κ1) is 17.8. The van der Waals surface area contributed by atoms with Gasteiger partial charge >= 0.3 is 0 Å². The average Bonchev–Trinajstić information content (AvgIpc) is 2.65. The molecule has 3 rings (SSSR count). The highest BCUT2D eigenvalue weighted by Gasteiger charge is 2.11. The summed E-state index contributed by atoms with van der Waals surface area (Å²) in [6.45, 7) is 1.63. The van der Waals surface area contributed by atoms with Crippen LogP contribution in [0.5, 0.6) is 0 Å². The number of Topliss-reactive ketones (excluding diaryl/α,β-unsaturated/α-hetero) is 1. The van der Waals surface area contributed by atoms with Gasteiger partial charge in [-0.2, -0.15) is 0 Å². The van der Waals surface area contributed by atoms with Crippen molar-refractivity contribution >= 4 is 39.9 Å². The monoisotopic (exact) mass is 369 g/mol. The van der Waals surface area contributed by atoms with Gasteiger partial charge in [0.1, 0.15) is 0 Å². The van der Waals surface area contributed by atoms with E-state index in [0.29, 0.717) is 33.6 Å². The fourth-order valence-electron chi connectivity index (χ4n) is 2.48. The number of ketones is 1. The molecule has 0 aliphatic heterocycles. The Morgan fingerprint density at radius 2 is 1.88 bits per heavy atom. The molecule has 0 aliphatic carbocycles. The molecule has 1 N–H and O–H groups in total. The van der Waals surface area contributed by atoms with Crippen LogP contribution < -0.4 is 10.9 Å². The van der Waals surface area contributed by atoms with E-state index in [0.717, 1.165) is 0 Å². The SMILES string of the molecule is CCC(=O)Nc1ccc(C(=O)Cn2cnc3ccc(Cl)cc3c2=O)cc1. The Bertz CT molecular complexity index is 1040. The Kier molecular flexibility index (Phi) is 5.14. The number of aromatic nitrogens is 2. The molecule has 7 heteroatoms. The Labute approximate surface area is 154 Å². The number of halogens is 1. The van der Waals surface area contributed by atoms with Crippen molar-refractivity contribution in [1.82, 2.24) is 9.55 Å². The summed E-state index contributed by atoms with van der Waals surface area (Å²) in [5, 5.41) is 3.52. The molecule has 26 heavy (non-hydrogen) atoms. The summed E-state index contributed by atoms with van der Waals surface area (Å²) in [6.07, 6.45) is 1.73.